The summed E-state index contributed by atoms with van der Waals surface area (Å²) in [6.07, 6.45) is 9.47. The van der Waals surface area contributed by atoms with Crippen LogP contribution in [0.5, 0.6) is 0 Å². The minimum Gasteiger partial charge on any atom is -0.381 e. The summed E-state index contributed by atoms with van der Waals surface area (Å²) in [6, 6.07) is 11.0. The van der Waals surface area contributed by atoms with Crippen LogP contribution in [-0.2, 0) is 19.7 Å². The highest BCUT2D eigenvalue weighted by Gasteiger charge is 2.58. The van der Waals surface area contributed by atoms with Crippen LogP contribution in [0.25, 0.3) is 0 Å². The topological polar surface area (TPSA) is 42.0 Å². The number of likely N-dealkylation sites (tertiary alicyclic amines) is 2. The third-order valence-corrected chi connectivity index (χ3v) is 8.80. The maximum Gasteiger partial charge on any atom is 0.233 e. The molecule has 1 unspecified atom stereocenters. The number of amides is 1. The van der Waals surface area contributed by atoms with Crippen LogP contribution in [0, 0.1) is 5.92 Å². The average molecular weight is 425 g/mol. The zero-order valence-electron chi connectivity index (χ0n) is 18.6. The van der Waals surface area contributed by atoms with E-state index in [-0.39, 0.29) is 11.0 Å². The Morgan fingerprint density at radius 1 is 1.00 bits per heavy atom. The third-order valence-electron chi connectivity index (χ3n) is 8.80. The Morgan fingerprint density at radius 2 is 1.71 bits per heavy atom. The van der Waals surface area contributed by atoms with E-state index in [0.29, 0.717) is 18.1 Å². The largest absolute Gasteiger partial charge is 0.381 e. The maximum atomic E-state index is 13.4. The van der Waals surface area contributed by atoms with Gasteiger partial charge in [0.15, 0.2) is 0 Å². The molecule has 3 saturated heterocycles. The first-order valence-electron chi connectivity index (χ1n) is 12.5. The van der Waals surface area contributed by atoms with Gasteiger partial charge in [-0.25, -0.2) is 0 Å². The molecule has 0 radical (unpaired) electrons. The molecule has 5 nitrogen and oxygen atoms in total. The number of rotatable bonds is 6. The molecule has 1 aromatic rings. The molecular formula is C26H36N2O3. The van der Waals surface area contributed by atoms with Gasteiger partial charge in [0.05, 0.1) is 17.1 Å². The summed E-state index contributed by atoms with van der Waals surface area (Å²) in [6.45, 7) is 5.53. The summed E-state index contributed by atoms with van der Waals surface area (Å²) in [5, 5.41) is 0. The molecule has 0 N–H and O–H groups in total. The van der Waals surface area contributed by atoms with Gasteiger partial charge in [-0.1, -0.05) is 30.3 Å². The molecule has 168 valence electrons. The van der Waals surface area contributed by atoms with Crippen molar-refractivity contribution in [2.45, 2.75) is 74.5 Å². The highest BCUT2D eigenvalue weighted by molar-refractivity contribution is 5.91. The molecular weight excluding hydrogens is 388 g/mol. The lowest BCUT2D eigenvalue weighted by Gasteiger charge is -2.63. The van der Waals surface area contributed by atoms with E-state index in [4.69, 9.17) is 9.47 Å². The fourth-order valence-corrected chi connectivity index (χ4v) is 6.39. The first-order chi connectivity index (χ1) is 15.2. The van der Waals surface area contributed by atoms with Gasteiger partial charge < -0.3 is 14.4 Å². The monoisotopic (exact) mass is 424 g/mol. The highest BCUT2D eigenvalue weighted by atomic mass is 16.5. The van der Waals surface area contributed by atoms with Gasteiger partial charge in [0.25, 0.3) is 0 Å². The van der Waals surface area contributed by atoms with Crippen molar-refractivity contribution in [3.8, 4) is 0 Å². The van der Waals surface area contributed by atoms with Crippen molar-refractivity contribution in [2.24, 2.45) is 5.92 Å². The normalized spacial score (nSPS) is 30.2. The van der Waals surface area contributed by atoms with Gasteiger partial charge in [-0.2, -0.15) is 0 Å². The highest BCUT2D eigenvalue weighted by Crippen LogP contribution is 2.50. The first-order valence-corrected chi connectivity index (χ1v) is 12.5. The van der Waals surface area contributed by atoms with Crippen LogP contribution in [0.2, 0.25) is 0 Å². The number of hydrogen-bond donors (Lipinski definition) is 0. The van der Waals surface area contributed by atoms with Crippen LogP contribution < -0.4 is 0 Å². The van der Waals surface area contributed by atoms with E-state index >= 15 is 0 Å². The lowest BCUT2D eigenvalue weighted by Crippen LogP contribution is -2.76. The van der Waals surface area contributed by atoms with E-state index in [0.717, 1.165) is 83.9 Å². The Kier molecular flexibility index (Phi) is 5.12. The van der Waals surface area contributed by atoms with Crippen molar-refractivity contribution >= 4 is 5.91 Å². The Labute approximate surface area is 186 Å². The van der Waals surface area contributed by atoms with Crippen molar-refractivity contribution in [1.29, 1.82) is 0 Å². The van der Waals surface area contributed by atoms with Crippen LogP contribution in [0.4, 0.5) is 0 Å². The second-order valence-corrected chi connectivity index (χ2v) is 10.6. The number of carbonyl (C=O) groups excluding carboxylic acids is 1. The molecule has 5 fully saturated rings. The molecule has 6 rings (SSSR count). The quantitative estimate of drug-likeness (QED) is 0.702. The molecule has 5 heteroatoms. The van der Waals surface area contributed by atoms with E-state index in [9.17, 15) is 4.79 Å². The van der Waals surface area contributed by atoms with Gasteiger partial charge in [-0.15, -0.1) is 0 Å². The number of nitrogens with zero attached hydrogens (tertiary/aromatic N) is 2. The molecule has 1 aromatic carbocycles. The predicted molar refractivity (Wildman–Crippen MR) is 119 cm³/mol. The number of carbonyl (C=O) groups is 1. The Morgan fingerprint density at radius 3 is 2.35 bits per heavy atom. The molecule has 2 aliphatic carbocycles. The Bertz CT molecular complexity index is 790. The van der Waals surface area contributed by atoms with Crippen molar-refractivity contribution in [1.82, 2.24) is 9.80 Å². The average Bonchev–Trinajstić information content (AvgIpc) is 3.75. The SMILES string of the molecule is O=C(N1CCC(N2CC(OCC3CC3)C23CCOCC3)CC1)C1(c2ccccc2)CC1. The minimum absolute atomic E-state index is 0.186. The summed E-state index contributed by atoms with van der Waals surface area (Å²) in [7, 11) is 0. The van der Waals surface area contributed by atoms with E-state index in [1.807, 2.05) is 6.07 Å². The van der Waals surface area contributed by atoms with Crippen molar-refractivity contribution in [3.63, 3.8) is 0 Å². The maximum absolute atomic E-state index is 13.4. The molecule has 3 aliphatic heterocycles. The Hall–Kier alpha value is -1.43. The van der Waals surface area contributed by atoms with Crippen LogP contribution in [0.1, 0.15) is 56.9 Å². The molecule has 1 amide bonds. The number of piperidine rings is 1. The first kappa shape index (κ1) is 20.2. The molecule has 5 aliphatic rings. The van der Waals surface area contributed by atoms with Gasteiger partial charge in [0.1, 0.15) is 0 Å². The summed E-state index contributed by atoms with van der Waals surface area (Å²) < 4.78 is 12.1. The van der Waals surface area contributed by atoms with E-state index in [1.165, 1.54) is 18.4 Å². The molecule has 0 bridgehead atoms. The van der Waals surface area contributed by atoms with Crippen molar-refractivity contribution in [3.05, 3.63) is 35.9 Å². The zero-order valence-corrected chi connectivity index (χ0v) is 18.6. The minimum atomic E-state index is -0.228. The van der Waals surface area contributed by atoms with E-state index < -0.39 is 0 Å². The molecule has 0 aromatic heterocycles. The third kappa shape index (κ3) is 3.53. The van der Waals surface area contributed by atoms with Gasteiger partial charge in [0, 0.05) is 45.5 Å². The predicted octanol–water partition coefficient (Wildman–Crippen LogP) is 3.37. The van der Waals surface area contributed by atoms with Crippen LogP contribution in [0.3, 0.4) is 0 Å². The van der Waals surface area contributed by atoms with Gasteiger partial charge in [0.2, 0.25) is 5.91 Å². The van der Waals surface area contributed by atoms with E-state index in [2.05, 4.69) is 34.1 Å². The molecule has 3 heterocycles. The number of benzene rings is 1. The summed E-state index contributed by atoms with van der Waals surface area (Å²) in [5.74, 6) is 1.19. The lowest BCUT2D eigenvalue weighted by atomic mass is 9.73. The lowest BCUT2D eigenvalue weighted by molar-refractivity contribution is -0.218. The molecule has 1 spiro atoms. The molecule has 31 heavy (non-hydrogen) atoms. The molecule has 1 atom stereocenters. The summed E-state index contributed by atoms with van der Waals surface area (Å²) in [5.41, 5.74) is 1.17. The summed E-state index contributed by atoms with van der Waals surface area (Å²) >= 11 is 0. The smallest absolute Gasteiger partial charge is 0.233 e. The standard InChI is InChI=1S/C26H36N2O3/c29-24(25(10-11-25)21-4-2-1-3-5-21)27-14-8-22(9-15-27)28-18-23(31-19-20-6-7-20)26(28)12-16-30-17-13-26/h1-5,20,22-23H,6-19H2. The fourth-order valence-electron chi connectivity index (χ4n) is 6.39. The second kappa shape index (κ2) is 7.86. The molecule has 2 saturated carbocycles. The number of ether oxygens (including phenoxy) is 2. The second-order valence-electron chi connectivity index (χ2n) is 10.6. The van der Waals surface area contributed by atoms with Gasteiger partial charge >= 0.3 is 0 Å². The van der Waals surface area contributed by atoms with E-state index in [1.54, 1.807) is 0 Å². The van der Waals surface area contributed by atoms with Gasteiger partial charge in [-0.05, 0) is 62.8 Å². The van der Waals surface area contributed by atoms with Gasteiger partial charge in [-0.3, -0.25) is 9.69 Å². The van der Waals surface area contributed by atoms with Crippen LogP contribution in [0.15, 0.2) is 30.3 Å². The van der Waals surface area contributed by atoms with Crippen molar-refractivity contribution < 1.29 is 14.3 Å². The van der Waals surface area contributed by atoms with Crippen molar-refractivity contribution in [2.75, 3.05) is 39.5 Å². The van der Waals surface area contributed by atoms with Crippen LogP contribution in [-0.4, -0.2) is 72.8 Å². The summed E-state index contributed by atoms with van der Waals surface area (Å²) in [4.78, 5) is 18.3. The zero-order chi connectivity index (χ0) is 20.9. The van der Waals surface area contributed by atoms with Crippen LogP contribution >= 0.6 is 0 Å². The number of hydrogen-bond acceptors (Lipinski definition) is 4. The Balaban J connectivity index is 1.09. The fraction of sp³-hybridized carbons (Fsp3) is 0.731.